The molecule has 54 valence electrons. The Morgan fingerprint density at radius 2 is 2.60 bits per heavy atom. The molecule has 1 rings (SSSR count). The van der Waals surface area contributed by atoms with Gasteiger partial charge >= 0.3 is 0 Å². The normalized spacial score (nSPS) is 9.80. The summed E-state index contributed by atoms with van der Waals surface area (Å²) in [7, 11) is 1.84. The molecule has 0 saturated heterocycles. The minimum Gasteiger partial charge on any atom is -0.340 e. The van der Waals surface area contributed by atoms with Gasteiger partial charge in [0, 0.05) is 13.2 Å². The number of carbonyl (C=O) groups excluding carboxylic acids is 1. The summed E-state index contributed by atoms with van der Waals surface area (Å²) in [5, 5.41) is 0. The molecule has 0 saturated carbocycles. The van der Waals surface area contributed by atoms with Crippen LogP contribution in [0.5, 0.6) is 0 Å². The lowest BCUT2D eigenvalue weighted by atomic mass is 10.3. The molecule has 4 heteroatoms. The third kappa shape index (κ3) is 1.56. The Kier molecular flexibility index (Phi) is 2.42. The fourth-order valence-electron chi connectivity index (χ4n) is 0.625. The largest absolute Gasteiger partial charge is 0.340 e. The number of halogens is 1. The fourth-order valence-corrected chi connectivity index (χ4v) is 1.02. The van der Waals surface area contributed by atoms with Crippen molar-refractivity contribution in [1.29, 1.82) is 0 Å². The van der Waals surface area contributed by atoms with Crippen molar-refractivity contribution < 1.29 is 4.79 Å². The van der Waals surface area contributed by atoms with Gasteiger partial charge in [-0.2, -0.15) is 0 Å². The van der Waals surface area contributed by atoms with E-state index in [9.17, 15) is 4.79 Å². The van der Waals surface area contributed by atoms with Gasteiger partial charge in [-0.25, -0.2) is 4.98 Å². The van der Waals surface area contributed by atoms with Crippen LogP contribution in [0.1, 0.15) is 10.5 Å². The predicted molar refractivity (Wildman–Crippen MR) is 46.4 cm³/mol. The first-order valence-electron chi connectivity index (χ1n) is 2.81. The molecule has 0 bridgehead atoms. The van der Waals surface area contributed by atoms with E-state index in [1.807, 2.05) is 29.6 Å². The van der Waals surface area contributed by atoms with Crippen LogP contribution in [0.4, 0.5) is 0 Å². The van der Waals surface area contributed by atoms with Crippen LogP contribution < -0.4 is 0 Å². The minimum atomic E-state index is 0.0844. The molecule has 1 aromatic rings. The molecule has 0 N–H and O–H groups in total. The lowest BCUT2D eigenvalue weighted by Crippen LogP contribution is -1.99. The number of aromatic nitrogens is 2. The molecule has 0 aromatic carbocycles. The van der Waals surface area contributed by atoms with E-state index in [0.29, 0.717) is 10.1 Å². The topological polar surface area (TPSA) is 34.9 Å². The molecule has 0 amide bonds. The van der Waals surface area contributed by atoms with Crippen molar-refractivity contribution in [3.05, 3.63) is 18.2 Å². The van der Waals surface area contributed by atoms with E-state index in [-0.39, 0.29) is 5.78 Å². The van der Waals surface area contributed by atoms with Gasteiger partial charge in [-0.3, -0.25) is 4.79 Å². The van der Waals surface area contributed by atoms with Gasteiger partial charge in [-0.1, -0.05) is 22.6 Å². The minimum absolute atomic E-state index is 0.0844. The van der Waals surface area contributed by atoms with Crippen LogP contribution in [-0.4, -0.2) is 19.8 Å². The number of hydrogen-bond acceptors (Lipinski definition) is 2. The molecular formula is C6H7IN2O. The van der Waals surface area contributed by atoms with E-state index in [4.69, 9.17) is 0 Å². The van der Waals surface area contributed by atoms with Crippen LogP contribution in [0.15, 0.2) is 12.5 Å². The Bertz CT molecular complexity index is 244. The standard InChI is InChI=1S/C6H7IN2O/c1-9-3-5(8-4-9)6(10)2-7/h3-4H,2H2,1H3. The maximum absolute atomic E-state index is 10.9. The van der Waals surface area contributed by atoms with Crippen LogP contribution in [0.25, 0.3) is 0 Å². The Morgan fingerprint density at radius 3 is 3.00 bits per heavy atom. The van der Waals surface area contributed by atoms with E-state index < -0.39 is 0 Å². The Hall–Kier alpha value is -0.390. The van der Waals surface area contributed by atoms with Crippen molar-refractivity contribution >= 4 is 28.4 Å². The molecule has 0 aliphatic carbocycles. The van der Waals surface area contributed by atoms with Gasteiger partial charge in [-0.15, -0.1) is 0 Å². The molecule has 1 aromatic heterocycles. The number of rotatable bonds is 2. The Morgan fingerprint density at radius 1 is 1.90 bits per heavy atom. The average molecular weight is 250 g/mol. The molecule has 0 aliphatic rings. The molecule has 0 fully saturated rings. The maximum Gasteiger partial charge on any atom is 0.192 e. The quantitative estimate of drug-likeness (QED) is 0.446. The highest BCUT2D eigenvalue weighted by molar-refractivity contribution is 14.1. The second-order valence-corrected chi connectivity index (χ2v) is 2.74. The van der Waals surface area contributed by atoms with E-state index in [1.165, 1.54) is 0 Å². The number of aryl methyl sites for hydroxylation is 1. The van der Waals surface area contributed by atoms with Gasteiger partial charge in [0.25, 0.3) is 0 Å². The summed E-state index contributed by atoms with van der Waals surface area (Å²) in [5.41, 5.74) is 0.553. The Labute approximate surface area is 72.6 Å². The van der Waals surface area contributed by atoms with Crippen molar-refractivity contribution in [2.75, 3.05) is 4.43 Å². The smallest absolute Gasteiger partial charge is 0.192 e. The lowest BCUT2D eigenvalue weighted by Gasteiger charge is -1.85. The molecule has 10 heavy (non-hydrogen) atoms. The number of hydrogen-bond donors (Lipinski definition) is 0. The van der Waals surface area contributed by atoms with E-state index >= 15 is 0 Å². The molecule has 0 atom stereocenters. The molecule has 3 nitrogen and oxygen atoms in total. The maximum atomic E-state index is 10.9. The first-order valence-corrected chi connectivity index (χ1v) is 4.33. The summed E-state index contributed by atoms with van der Waals surface area (Å²) in [6, 6.07) is 0. The number of alkyl halides is 1. The van der Waals surface area contributed by atoms with Crippen molar-refractivity contribution in [3.63, 3.8) is 0 Å². The van der Waals surface area contributed by atoms with Gasteiger partial charge in [0.2, 0.25) is 0 Å². The monoisotopic (exact) mass is 250 g/mol. The third-order valence-corrected chi connectivity index (χ3v) is 1.80. The van der Waals surface area contributed by atoms with Crippen molar-refractivity contribution in [1.82, 2.24) is 9.55 Å². The van der Waals surface area contributed by atoms with Gasteiger partial charge in [-0.05, 0) is 0 Å². The highest BCUT2D eigenvalue weighted by atomic mass is 127. The lowest BCUT2D eigenvalue weighted by molar-refractivity contribution is 0.102. The zero-order valence-electron chi connectivity index (χ0n) is 5.54. The van der Waals surface area contributed by atoms with E-state index in [1.54, 1.807) is 17.1 Å². The summed E-state index contributed by atoms with van der Waals surface area (Å²) in [6.45, 7) is 0. The number of Topliss-reactive ketones (excluding diaryl/α,β-unsaturated/α-hetero) is 1. The number of nitrogens with zero attached hydrogens (tertiary/aromatic N) is 2. The van der Waals surface area contributed by atoms with Gasteiger partial charge in [0.05, 0.1) is 10.8 Å². The molecular weight excluding hydrogens is 243 g/mol. The molecule has 0 radical (unpaired) electrons. The SMILES string of the molecule is Cn1cnc(C(=O)CI)c1. The van der Waals surface area contributed by atoms with E-state index in [0.717, 1.165) is 0 Å². The summed E-state index contributed by atoms with van der Waals surface area (Å²) in [6.07, 6.45) is 3.35. The predicted octanol–water partition coefficient (Wildman–Crippen LogP) is 1.04. The Balaban J connectivity index is 2.85. The summed E-state index contributed by atoms with van der Waals surface area (Å²) < 4.78 is 2.26. The first-order chi connectivity index (χ1) is 4.74. The second kappa shape index (κ2) is 3.14. The summed E-state index contributed by atoms with van der Waals surface area (Å²) >= 11 is 2.03. The zero-order valence-corrected chi connectivity index (χ0v) is 7.70. The fraction of sp³-hybridized carbons (Fsp3) is 0.333. The molecule has 0 unspecified atom stereocenters. The van der Waals surface area contributed by atoms with Crippen molar-refractivity contribution in [2.24, 2.45) is 7.05 Å². The molecule has 0 spiro atoms. The second-order valence-electron chi connectivity index (χ2n) is 1.98. The van der Waals surface area contributed by atoms with E-state index in [2.05, 4.69) is 4.98 Å². The van der Waals surface area contributed by atoms with Crippen LogP contribution in [0.2, 0.25) is 0 Å². The number of carbonyl (C=O) groups is 1. The average Bonchev–Trinajstić information content (AvgIpc) is 2.34. The van der Waals surface area contributed by atoms with Gasteiger partial charge < -0.3 is 4.57 Å². The van der Waals surface area contributed by atoms with Gasteiger partial charge in [0.1, 0.15) is 5.69 Å². The zero-order chi connectivity index (χ0) is 7.56. The summed E-state index contributed by atoms with van der Waals surface area (Å²) in [4.78, 5) is 14.8. The molecule has 1 heterocycles. The van der Waals surface area contributed by atoms with Crippen LogP contribution >= 0.6 is 22.6 Å². The third-order valence-electron chi connectivity index (χ3n) is 1.11. The van der Waals surface area contributed by atoms with Crippen LogP contribution in [0, 0.1) is 0 Å². The molecule has 0 aliphatic heterocycles. The van der Waals surface area contributed by atoms with Gasteiger partial charge in [0.15, 0.2) is 5.78 Å². The number of ketones is 1. The summed E-state index contributed by atoms with van der Waals surface area (Å²) in [5.74, 6) is 0.0844. The highest BCUT2D eigenvalue weighted by Gasteiger charge is 2.04. The first kappa shape index (κ1) is 7.71. The van der Waals surface area contributed by atoms with Crippen molar-refractivity contribution in [2.45, 2.75) is 0 Å². The number of imidazole rings is 1. The van der Waals surface area contributed by atoms with Crippen molar-refractivity contribution in [3.8, 4) is 0 Å². The van der Waals surface area contributed by atoms with Crippen LogP contribution in [0.3, 0.4) is 0 Å². The highest BCUT2D eigenvalue weighted by Crippen LogP contribution is 1.98. The van der Waals surface area contributed by atoms with Crippen LogP contribution in [-0.2, 0) is 7.05 Å².